The fraction of sp³-hybridized carbons (Fsp3) is 0.250. The maximum absolute atomic E-state index is 12.6. The molecule has 1 aliphatic heterocycles. The summed E-state index contributed by atoms with van der Waals surface area (Å²) in [5.41, 5.74) is 2.10. The molecule has 0 saturated heterocycles. The quantitative estimate of drug-likeness (QED) is 0.643. The molecular weight excluding hydrogens is 356 g/mol. The summed E-state index contributed by atoms with van der Waals surface area (Å²) < 4.78 is 0. The highest BCUT2D eigenvalue weighted by Crippen LogP contribution is 2.52. The van der Waals surface area contributed by atoms with Crippen molar-refractivity contribution in [3.8, 4) is 0 Å². The Balaban J connectivity index is 1.29. The minimum atomic E-state index is -0.622. The molecule has 2 aromatic heterocycles. The minimum Gasteiger partial charge on any atom is -0.337 e. The van der Waals surface area contributed by atoms with Crippen molar-refractivity contribution in [1.82, 2.24) is 25.5 Å². The zero-order chi connectivity index (χ0) is 19.1. The van der Waals surface area contributed by atoms with E-state index in [1.807, 2.05) is 42.5 Å². The molecule has 0 spiro atoms. The maximum Gasteiger partial charge on any atom is 0.291 e. The van der Waals surface area contributed by atoms with Gasteiger partial charge in [-0.3, -0.25) is 14.7 Å². The lowest BCUT2D eigenvalue weighted by molar-refractivity contribution is -0.118. The molecule has 0 bridgehead atoms. The van der Waals surface area contributed by atoms with Crippen LogP contribution in [-0.2, 0) is 11.2 Å². The second-order valence-electron chi connectivity index (χ2n) is 7.16. The first-order chi connectivity index (χ1) is 13.7. The van der Waals surface area contributed by atoms with E-state index in [9.17, 15) is 9.59 Å². The molecule has 5 rings (SSSR count). The summed E-state index contributed by atoms with van der Waals surface area (Å²) in [7, 11) is 0. The molecule has 1 unspecified atom stereocenters. The topological polar surface area (TPSA) is 113 Å². The fourth-order valence-electron chi connectivity index (χ4n) is 3.79. The lowest BCUT2D eigenvalue weighted by atomic mass is 10.1. The Bertz CT molecular complexity index is 1050. The van der Waals surface area contributed by atoms with Crippen LogP contribution in [0.25, 0.3) is 0 Å². The van der Waals surface area contributed by atoms with Crippen LogP contribution in [0.15, 0.2) is 48.7 Å². The minimum absolute atomic E-state index is 0.0378. The van der Waals surface area contributed by atoms with Crippen LogP contribution in [0.3, 0.4) is 0 Å². The smallest absolute Gasteiger partial charge is 0.291 e. The van der Waals surface area contributed by atoms with Crippen LogP contribution in [0.4, 0.5) is 5.82 Å². The van der Waals surface area contributed by atoms with E-state index >= 15 is 0 Å². The molecular formula is C20H18N6O2. The molecule has 1 fully saturated rings. The van der Waals surface area contributed by atoms with E-state index < -0.39 is 11.9 Å². The van der Waals surface area contributed by atoms with Gasteiger partial charge in [0.15, 0.2) is 0 Å². The fourth-order valence-corrected chi connectivity index (χ4v) is 3.79. The molecule has 3 aromatic rings. The van der Waals surface area contributed by atoms with Crippen molar-refractivity contribution in [3.05, 3.63) is 71.4 Å². The highest BCUT2D eigenvalue weighted by atomic mass is 16.2. The van der Waals surface area contributed by atoms with Gasteiger partial charge in [0.05, 0.1) is 0 Å². The number of anilines is 1. The number of carbonyl (C=O) groups excluding carboxylic acids is 2. The summed E-state index contributed by atoms with van der Waals surface area (Å²) in [5, 5.41) is 12.4. The lowest BCUT2D eigenvalue weighted by Crippen LogP contribution is -2.45. The summed E-state index contributed by atoms with van der Waals surface area (Å²) in [6.45, 7) is 0. The van der Waals surface area contributed by atoms with E-state index in [0.717, 1.165) is 17.5 Å². The van der Waals surface area contributed by atoms with Gasteiger partial charge in [-0.25, -0.2) is 9.97 Å². The number of rotatable bonds is 4. The van der Waals surface area contributed by atoms with Crippen LogP contribution in [0.1, 0.15) is 39.9 Å². The summed E-state index contributed by atoms with van der Waals surface area (Å²) >= 11 is 0. The molecule has 2 aliphatic rings. The van der Waals surface area contributed by atoms with Crippen LogP contribution in [0.5, 0.6) is 0 Å². The Morgan fingerprint density at radius 2 is 2.04 bits per heavy atom. The summed E-state index contributed by atoms with van der Waals surface area (Å²) in [6, 6.07) is 13.0. The molecule has 3 atom stereocenters. The Morgan fingerprint density at radius 3 is 2.89 bits per heavy atom. The van der Waals surface area contributed by atoms with Crippen LogP contribution < -0.4 is 10.6 Å². The third-order valence-electron chi connectivity index (χ3n) is 5.27. The zero-order valence-corrected chi connectivity index (χ0v) is 14.9. The van der Waals surface area contributed by atoms with Gasteiger partial charge in [0.25, 0.3) is 5.91 Å². The normalized spacial score (nSPS) is 22.4. The molecule has 2 amide bonds. The number of benzene rings is 1. The van der Waals surface area contributed by atoms with Gasteiger partial charge in [0, 0.05) is 12.6 Å². The van der Waals surface area contributed by atoms with Gasteiger partial charge in [-0.1, -0.05) is 36.4 Å². The van der Waals surface area contributed by atoms with Gasteiger partial charge >= 0.3 is 0 Å². The second kappa shape index (κ2) is 6.56. The number of nitrogens with zero attached hydrogens (tertiary/aromatic N) is 3. The van der Waals surface area contributed by atoms with Crippen LogP contribution >= 0.6 is 0 Å². The average molecular weight is 374 g/mol. The van der Waals surface area contributed by atoms with Crippen LogP contribution in [0, 0.1) is 5.92 Å². The summed E-state index contributed by atoms with van der Waals surface area (Å²) in [4.78, 5) is 33.8. The predicted molar refractivity (Wildman–Crippen MR) is 101 cm³/mol. The van der Waals surface area contributed by atoms with Crippen molar-refractivity contribution in [1.29, 1.82) is 0 Å². The first kappa shape index (κ1) is 16.6. The monoisotopic (exact) mass is 374 g/mol. The van der Waals surface area contributed by atoms with Crippen LogP contribution in [-0.4, -0.2) is 38.0 Å². The molecule has 140 valence electrons. The largest absolute Gasteiger partial charge is 0.337 e. The molecule has 8 nitrogen and oxygen atoms in total. The van der Waals surface area contributed by atoms with Crippen molar-refractivity contribution in [2.45, 2.75) is 24.8 Å². The van der Waals surface area contributed by atoms with Gasteiger partial charge in [-0.05, 0) is 35.4 Å². The van der Waals surface area contributed by atoms with Gasteiger partial charge in [0.1, 0.15) is 17.7 Å². The predicted octanol–water partition coefficient (Wildman–Crippen LogP) is 1.64. The molecule has 0 radical (unpaired) electrons. The highest BCUT2D eigenvalue weighted by Gasteiger charge is 2.51. The first-order valence-corrected chi connectivity index (χ1v) is 9.21. The summed E-state index contributed by atoms with van der Waals surface area (Å²) in [6.07, 6.45) is 3.05. The Morgan fingerprint density at radius 1 is 1.18 bits per heavy atom. The second-order valence-corrected chi connectivity index (χ2v) is 7.16. The van der Waals surface area contributed by atoms with E-state index in [1.54, 1.807) is 6.20 Å². The standard InChI is InChI=1S/C20H18N6O2/c27-19-16(14-10-13(14)12-7-4-8-21-17(12)24-19)23-20(28)18-22-15(25-26-18)9-11-5-2-1-3-6-11/h1-8,13-14,16H,9-10H2,(H,23,28)(H,21,24,27)(H,22,25,26)/t13?,14-,16-/m1/s1. The van der Waals surface area contributed by atoms with Crippen molar-refractivity contribution < 1.29 is 9.59 Å². The number of hydrogen-bond donors (Lipinski definition) is 3. The van der Waals surface area contributed by atoms with Crippen molar-refractivity contribution in [2.75, 3.05) is 5.32 Å². The van der Waals surface area contributed by atoms with Crippen LogP contribution in [0.2, 0.25) is 0 Å². The lowest BCUT2D eigenvalue weighted by Gasteiger charge is -2.15. The van der Waals surface area contributed by atoms with Crippen molar-refractivity contribution >= 4 is 17.6 Å². The Labute approximate surface area is 160 Å². The van der Waals surface area contributed by atoms with Gasteiger partial charge in [0.2, 0.25) is 11.7 Å². The average Bonchev–Trinajstić information content (AvgIpc) is 3.37. The SMILES string of the molecule is O=C(N[C@H]1C(=O)Nc2ncccc2C2C[C@H]21)c1n[nH]c(Cc2ccccc2)n1. The van der Waals surface area contributed by atoms with Gasteiger partial charge in [-0.15, -0.1) is 5.10 Å². The van der Waals surface area contributed by atoms with E-state index in [0.29, 0.717) is 18.1 Å². The Kier molecular flexibility index (Phi) is 3.89. The van der Waals surface area contributed by atoms with Crippen molar-refractivity contribution in [2.24, 2.45) is 5.92 Å². The number of fused-ring (bicyclic) bond motifs is 3. The number of nitrogens with one attached hydrogen (secondary N) is 3. The molecule has 1 aromatic carbocycles. The first-order valence-electron chi connectivity index (χ1n) is 9.21. The molecule has 8 heteroatoms. The maximum atomic E-state index is 12.6. The number of pyridine rings is 1. The number of amides is 2. The molecule has 3 N–H and O–H groups in total. The molecule has 1 saturated carbocycles. The van der Waals surface area contributed by atoms with E-state index in [1.165, 1.54) is 0 Å². The number of H-pyrrole nitrogens is 1. The van der Waals surface area contributed by atoms with Gasteiger partial charge < -0.3 is 10.6 Å². The highest BCUT2D eigenvalue weighted by molar-refractivity contribution is 6.01. The van der Waals surface area contributed by atoms with Crippen molar-refractivity contribution in [3.63, 3.8) is 0 Å². The molecule has 28 heavy (non-hydrogen) atoms. The summed E-state index contributed by atoms with van der Waals surface area (Å²) in [5.74, 6) is 0.808. The number of aromatic amines is 1. The number of aromatic nitrogens is 4. The number of hydrogen-bond acceptors (Lipinski definition) is 5. The zero-order valence-electron chi connectivity index (χ0n) is 14.9. The Hall–Kier alpha value is -3.55. The molecule has 3 heterocycles. The molecule has 1 aliphatic carbocycles. The van der Waals surface area contributed by atoms with E-state index in [2.05, 4.69) is 30.8 Å². The van der Waals surface area contributed by atoms with Gasteiger partial charge in [-0.2, -0.15) is 0 Å². The van der Waals surface area contributed by atoms with E-state index in [4.69, 9.17) is 0 Å². The number of carbonyl (C=O) groups is 2. The van der Waals surface area contributed by atoms with E-state index in [-0.39, 0.29) is 23.6 Å². The third kappa shape index (κ3) is 3.02. The third-order valence-corrected chi connectivity index (χ3v) is 5.27.